The van der Waals surface area contributed by atoms with Crippen LogP contribution in [0.15, 0.2) is 22.7 Å². The van der Waals surface area contributed by atoms with E-state index in [1.54, 1.807) is 0 Å². The highest BCUT2D eigenvalue weighted by molar-refractivity contribution is 9.10. The number of hydrogen-bond acceptors (Lipinski definition) is 2. The van der Waals surface area contributed by atoms with Crippen molar-refractivity contribution in [3.8, 4) is 0 Å². The van der Waals surface area contributed by atoms with E-state index < -0.39 is 0 Å². The quantitative estimate of drug-likeness (QED) is 0.862. The molecule has 17 heavy (non-hydrogen) atoms. The van der Waals surface area contributed by atoms with Crippen LogP contribution in [0.4, 0.5) is 0 Å². The Bertz CT molecular complexity index is 433. The van der Waals surface area contributed by atoms with E-state index in [0.717, 1.165) is 35.2 Å². The van der Waals surface area contributed by atoms with Crippen molar-refractivity contribution in [2.45, 2.75) is 19.9 Å². The zero-order valence-electron chi connectivity index (χ0n) is 10.2. The highest BCUT2D eigenvalue weighted by Gasteiger charge is 2.22. The lowest BCUT2D eigenvalue weighted by Gasteiger charge is -2.32. The number of nitrogens with one attached hydrogen (secondary N) is 1. The van der Waals surface area contributed by atoms with E-state index in [1.807, 2.05) is 30.0 Å². The minimum Gasteiger partial charge on any atom is -0.336 e. The number of benzene rings is 1. The van der Waals surface area contributed by atoms with Crippen molar-refractivity contribution in [1.29, 1.82) is 0 Å². The Morgan fingerprint density at radius 2 is 2.29 bits per heavy atom. The number of rotatable bonds is 1. The number of hydrogen-bond donors (Lipinski definition) is 1. The molecule has 1 saturated heterocycles. The van der Waals surface area contributed by atoms with Crippen LogP contribution >= 0.6 is 15.9 Å². The van der Waals surface area contributed by atoms with Crippen molar-refractivity contribution in [3.05, 3.63) is 33.8 Å². The van der Waals surface area contributed by atoms with E-state index in [2.05, 4.69) is 28.2 Å². The van der Waals surface area contributed by atoms with Gasteiger partial charge in [-0.15, -0.1) is 0 Å². The Labute approximate surface area is 110 Å². The van der Waals surface area contributed by atoms with Gasteiger partial charge in [0.1, 0.15) is 0 Å². The van der Waals surface area contributed by atoms with Crippen LogP contribution in [-0.2, 0) is 0 Å². The molecule has 1 fully saturated rings. The van der Waals surface area contributed by atoms with Crippen LogP contribution < -0.4 is 5.32 Å². The van der Waals surface area contributed by atoms with E-state index in [9.17, 15) is 4.79 Å². The first-order valence-electron chi connectivity index (χ1n) is 5.87. The van der Waals surface area contributed by atoms with Gasteiger partial charge in [0.05, 0.1) is 0 Å². The number of piperazine rings is 1. The molecular formula is C13H17BrN2O. The first kappa shape index (κ1) is 12.6. The second kappa shape index (κ2) is 5.19. The van der Waals surface area contributed by atoms with Crippen molar-refractivity contribution in [2.75, 3.05) is 19.6 Å². The molecule has 0 saturated carbocycles. The van der Waals surface area contributed by atoms with Crippen LogP contribution in [0, 0.1) is 6.92 Å². The van der Waals surface area contributed by atoms with Crippen LogP contribution in [0.3, 0.4) is 0 Å². The maximum absolute atomic E-state index is 12.4. The number of carbonyl (C=O) groups is 1. The summed E-state index contributed by atoms with van der Waals surface area (Å²) in [6.45, 7) is 6.53. The number of amides is 1. The fraction of sp³-hybridized carbons (Fsp3) is 0.462. The van der Waals surface area contributed by atoms with E-state index in [-0.39, 0.29) is 5.91 Å². The first-order chi connectivity index (χ1) is 8.08. The molecule has 1 aliphatic heterocycles. The number of halogens is 1. The average Bonchev–Trinajstić information content (AvgIpc) is 2.28. The molecule has 0 spiro atoms. The lowest BCUT2D eigenvalue weighted by molar-refractivity contribution is 0.0708. The molecule has 1 aliphatic rings. The number of carbonyl (C=O) groups excluding carboxylic acids is 1. The molecular weight excluding hydrogens is 280 g/mol. The highest BCUT2D eigenvalue weighted by atomic mass is 79.9. The zero-order chi connectivity index (χ0) is 12.4. The molecule has 1 unspecified atom stereocenters. The molecule has 0 bridgehead atoms. The van der Waals surface area contributed by atoms with Crippen LogP contribution in [0.5, 0.6) is 0 Å². The number of aryl methyl sites for hydroxylation is 1. The summed E-state index contributed by atoms with van der Waals surface area (Å²) in [6.07, 6.45) is 0. The first-order valence-corrected chi connectivity index (χ1v) is 6.66. The van der Waals surface area contributed by atoms with Gasteiger partial charge in [0.25, 0.3) is 5.91 Å². The molecule has 0 aromatic heterocycles. The summed E-state index contributed by atoms with van der Waals surface area (Å²) < 4.78 is 1.01. The van der Waals surface area contributed by atoms with Crippen molar-refractivity contribution in [3.63, 3.8) is 0 Å². The maximum atomic E-state index is 12.4. The minimum atomic E-state index is 0.142. The smallest absolute Gasteiger partial charge is 0.254 e. The van der Waals surface area contributed by atoms with Crippen molar-refractivity contribution >= 4 is 21.8 Å². The van der Waals surface area contributed by atoms with E-state index in [1.165, 1.54) is 0 Å². The van der Waals surface area contributed by atoms with Crippen LogP contribution in [0.25, 0.3) is 0 Å². The Balaban J connectivity index is 2.18. The summed E-state index contributed by atoms with van der Waals surface area (Å²) >= 11 is 3.42. The van der Waals surface area contributed by atoms with Gasteiger partial charge in [0.2, 0.25) is 0 Å². The predicted molar refractivity (Wildman–Crippen MR) is 72.2 cm³/mol. The lowest BCUT2D eigenvalue weighted by atomic mass is 10.1. The molecule has 1 heterocycles. The molecule has 1 aromatic rings. The second-order valence-electron chi connectivity index (χ2n) is 4.57. The van der Waals surface area contributed by atoms with Crippen LogP contribution in [0.2, 0.25) is 0 Å². The SMILES string of the molecule is Cc1cc(Br)ccc1C(=O)N1CCNC(C)C1. The van der Waals surface area contributed by atoms with E-state index >= 15 is 0 Å². The molecule has 0 aliphatic carbocycles. The standard InChI is InChI=1S/C13H17BrN2O/c1-9-7-11(14)3-4-12(9)13(17)16-6-5-15-10(2)8-16/h3-4,7,10,15H,5-6,8H2,1-2H3. The summed E-state index contributed by atoms with van der Waals surface area (Å²) in [5.74, 6) is 0.142. The van der Waals surface area contributed by atoms with Crippen molar-refractivity contribution < 1.29 is 4.79 Å². The monoisotopic (exact) mass is 296 g/mol. The van der Waals surface area contributed by atoms with Gasteiger partial charge in [-0.1, -0.05) is 15.9 Å². The van der Waals surface area contributed by atoms with Gasteiger partial charge in [-0.05, 0) is 37.6 Å². The van der Waals surface area contributed by atoms with Gasteiger partial charge in [-0.25, -0.2) is 0 Å². The molecule has 92 valence electrons. The highest BCUT2D eigenvalue weighted by Crippen LogP contribution is 2.18. The third-order valence-corrected chi connectivity index (χ3v) is 3.57. The Kier molecular flexibility index (Phi) is 3.84. The fourth-order valence-corrected chi connectivity index (χ4v) is 2.63. The topological polar surface area (TPSA) is 32.3 Å². The minimum absolute atomic E-state index is 0.142. The molecule has 1 atom stereocenters. The van der Waals surface area contributed by atoms with Crippen molar-refractivity contribution in [2.24, 2.45) is 0 Å². The van der Waals surface area contributed by atoms with Crippen LogP contribution in [-0.4, -0.2) is 36.5 Å². The molecule has 2 rings (SSSR count). The Morgan fingerprint density at radius 1 is 1.53 bits per heavy atom. The van der Waals surface area contributed by atoms with Crippen LogP contribution in [0.1, 0.15) is 22.8 Å². The van der Waals surface area contributed by atoms with Gasteiger partial charge in [-0.2, -0.15) is 0 Å². The predicted octanol–water partition coefficient (Wildman–Crippen LogP) is 2.19. The molecule has 0 radical (unpaired) electrons. The number of nitrogens with zero attached hydrogens (tertiary/aromatic N) is 1. The third-order valence-electron chi connectivity index (χ3n) is 3.07. The zero-order valence-corrected chi connectivity index (χ0v) is 11.8. The van der Waals surface area contributed by atoms with Crippen molar-refractivity contribution in [1.82, 2.24) is 10.2 Å². The molecule has 1 N–H and O–H groups in total. The lowest BCUT2D eigenvalue weighted by Crippen LogP contribution is -2.51. The largest absolute Gasteiger partial charge is 0.336 e. The maximum Gasteiger partial charge on any atom is 0.254 e. The van der Waals surface area contributed by atoms with Gasteiger partial charge in [0, 0.05) is 35.7 Å². The van der Waals surface area contributed by atoms with Gasteiger partial charge in [0.15, 0.2) is 0 Å². The molecule has 4 heteroatoms. The second-order valence-corrected chi connectivity index (χ2v) is 5.48. The summed E-state index contributed by atoms with van der Waals surface area (Å²) in [6, 6.07) is 6.18. The normalized spacial score (nSPS) is 20.4. The van der Waals surface area contributed by atoms with Gasteiger partial charge in [-0.3, -0.25) is 4.79 Å². The van der Waals surface area contributed by atoms with E-state index in [0.29, 0.717) is 6.04 Å². The molecule has 3 nitrogen and oxygen atoms in total. The summed E-state index contributed by atoms with van der Waals surface area (Å²) in [7, 11) is 0. The van der Waals surface area contributed by atoms with E-state index in [4.69, 9.17) is 0 Å². The average molecular weight is 297 g/mol. The Hall–Kier alpha value is -0.870. The molecule has 1 amide bonds. The third kappa shape index (κ3) is 2.87. The summed E-state index contributed by atoms with van der Waals surface area (Å²) in [4.78, 5) is 14.3. The molecule has 1 aromatic carbocycles. The fourth-order valence-electron chi connectivity index (χ4n) is 2.15. The Morgan fingerprint density at radius 3 is 2.94 bits per heavy atom. The summed E-state index contributed by atoms with van der Waals surface area (Å²) in [5, 5.41) is 3.34. The van der Waals surface area contributed by atoms with Gasteiger partial charge >= 0.3 is 0 Å². The summed E-state index contributed by atoms with van der Waals surface area (Å²) in [5.41, 5.74) is 1.83. The van der Waals surface area contributed by atoms with Gasteiger partial charge < -0.3 is 10.2 Å².